The van der Waals surface area contributed by atoms with Crippen LogP contribution >= 0.6 is 0 Å². The summed E-state index contributed by atoms with van der Waals surface area (Å²) in [7, 11) is 0. The van der Waals surface area contributed by atoms with Gasteiger partial charge in [0, 0.05) is 6.54 Å². The molecule has 110 valence electrons. The van der Waals surface area contributed by atoms with Gasteiger partial charge in [-0.25, -0.2) is 0 Å². The molecular weight excluding hydrogens is 266 g/mol. The van der Waals surface area contributed by atoms with E-state index in [4.69, 9.17) is 0 Å². The highest BCUT2D eigenvalue weighted by molar-refractivity contribution is 5.89. The first-order valence-electron chi connectivity index (χ1n) is 7.27. The molecule has 2 aliphatic rings. The largest absolute Gasteiger partial charge is 0.481 e. The van der Waals surface area contributed by atoms with Crippen molar-refractivity contribution in [2.75, 3.05) is 0 Å². The zero-order chi connectivity index (χ0) is 15.0. The number of hydrogen-bond donors (Lipinski definition) is 2. The lowest BCUT2D eigenvalue weighted by molar-refractivity contribution is -0.156. The van der Waals surface area contributed by atoms with Gasteiger partial charge in [-0.05, 0) is 30.7 Å². The van der Waals surface area contributed by atoms with Crippen LogP contribution < -0.4 is 5.32 Å². The molecule has 1 aromatic carbocycles. The average Bonchev–Trinajstić information content (AvgIpc) is 3.05. The van der Waals surface area contributed by atoms with Crippen LogP contribution in [0.3, 0.4) is 0 Å². The molecule has 4 atom stereocenters. The van der Waals surface area contributed by atoms with Crippen molar-refractivity contribution in [1.29, 1.82) is 0 Å². The Morgan fingerprint density at radius 1 is 1.29 bits per heavy atom. The first-order chi connectivity index (χ1) is 10.0. The number of benzene rings is 1. The number of hydrogen-bond acceptors (Lipinski definition) is 2. The summed E-state index contributed by atoms with van der Waals surface area (Å²) in [5.41, 5.74) is 0.0294. The molecule has 21 heavy (non-hydrogen) atoms. The van der Waals surface area contributed by atoms with Crippen LogP contribution in [0.1, 0.15) is 18.9 Å². The normalized spacial score (nSPS) is 33.1. The van der Waals surface area contributed by atoms with Gasteiger partial charge < -0.3 is 10.4 Å². The average molecular weight is 285 g/mol. The summed E-state index contributed by atoms with van der Waals surface area (Å²) in [6, 6.07) is 9.65. The van der Waals surface area contributed by atoms with E-state index in [0.29, 0.717) is 6.54 Å². The molecule has 0 saturated heterocycles. The lowest BCUT2D eigenvalue weighted by Gasteiger charge is -2.33. The van der Waals surface area contributed by atoms with Crippen LogP contribution in [0.2, 0.25) is 0 Å². The Kier molecular flexibility index (Phi) is 3.32. The molecule has 4 nitrogen and oxygen atoms in total. The van der Waals surface area contributed by atoms with Crippen LogP contribution in [-0.2, 0) is 16.1 Å². The fraction of sp³-hybridized carbons (Fsp3) is 0.412. The van der Waals surface area contributed by atoms with Crippen molar-refractivity contribution in [3.05, 3.63) is 48.0 Å². The molecule has 0 aliphatic heterocycles. The number of aliphatic carboxylic acids is 1. The molecule has 1 fully saturated rings. The number of carboxylic acid groups (broad SMARTS) is 1. The van der Waals surface area contributed by atoms with Crippen LogP contribution in [0, 0.1) is 23.2 Å². The van der Waals surface area contributed by atoms with Gasteiger partial charge in [-0.15, -0.1) is 0 Å². The second kappa shape index (κ2) is 5.02. The Morgan fingerprint density at radius 3 is 2.67 bits per heavy atom. The van der Waals surface area contributed by atoms with Gasteiger partial charge in [0.1, 0.15) is 0 Å². The summed E-state index contributed by atoms with van der Waals surface area (Å²) in [4.78, 5) is 24.2. The van der Waals surface area contributed by atoms with Gasteiger partial charge in [0.2, 0.25) is 5.91 Å². The number of fused-ring (bicyclic) bond motifs is 2. The second-order valence-electron chi connectivity index (χ2n) is 6.16. The molecule has 1 saturated carbocycles. The smallest absolute Gasteiger partial charge is 0.310 e. The van der Waals surface area contributed by atoms with Crippen molar-refractivity contribution >= 4 is 11.9 Å². The molecule has 0 aromatic heterocycles. The minimum atomic E-state index is -0.986. The number of carboxylic acids is 1. The van der Waals surface area contributed by atoms with Crippen LogP contribution in [0.25, 0.3) is 0 Å². The summed E-state index contributed by atoms with van der Waals surface area (Å²) in [6.07, 6.45) is 4.73. The molecular formula is C17H19NO3. The van der Waals surface area contributed by atoms with Crippen LogP contribution in [0.15, 0.2) is 42.5 Å². The number of allylic oxidation sites excluding steroid dienone is 2. The van der Waals surface area contributed by atoms with Gasteiger partial charge in [-0.1, -0.05) is 42.5 Å². The quantitative estimate of drug-likeness (QED) is 0.834. The number of rotatable bonds is 4. The summed E-state index contributed by atoms with van der Waals surface area (Å²) in [5.74, 6) is -1.49. The van der Waals surface area contributed by atoms with Crippen molar-refractivity contribution in [1.82, 2.24) is 5.32 Å². The van der Waals surface area contributed by atoms with E-state index in [-0.39, 0.29) is 17.7 Å². The Hall–Kier alpha value is -2.10. The first-order valence-corrected chi connectivity index (χ1v) is 7.27. The predicted molar refractivity (Wildman–Crippen MR) is 78.3 cm³/mol. The minimum Gasteiger partial charge on any atom is -0.481 e. The first kappa shape index (κ1) is 13.9. The van der Waals surface area contributed by atoms with E-state index < -0.39 is 17.3 Å². The Balaban J connectivity index is 1.75. The van der Waals surface area contributed by atoms with Crippen molar-refractivity contribution < 1.29 is 14.7 Å². The SMILES string of the molecule is C[C@@]1(C(=O)O)[C@H]2C=C[C@@H](C2)[C@@H]1C(=O)NCc1ccccc1. The third kappa shape index (κ3) is 2.15. The Labute approximate surface area is 123 Å². The maximum atomic E-state index is 12.5. The van der Waals surface area contributed by atoms with Crippen LogP contribution in [0.5, 0.6) is 0 Å². The van der Waals surface area contributed by atoms with Crippen molar-refractivity contribution in [2.24, 2.45) is 23.2 Å². The molecule has 3 rings (SSSR count). The lowest BCUT2D eigenvalue weighted by Crippen LogP contribution is -2.47. The highest BCUT2D eigenvalue weighted by atomic mass is 16.4. The Bertz CT molecular complexity index is 595. The van der Waals surface area contributed by atoms with Gasteiger partial charge in [0.25, 0.3) is 0 Å². The standard InChI is InChI=1S/C17H19NO3/c1-17(16(20)21)13-8-7-12(9-13)14(17)15(19)18-10-11-5-3-2-4-6-11/h2-8,12-14H,9-10H2,1H3,(H,18,19)(H,20,21)/t12-,13-,14+,17+/m0/s1. The highest BCUT2D eigenvalue weighted by Gasteiger charge is 2.60. The predicted octanol–water partition coefficient (Wildman–Crippen LogP) is 2.22. The van der Waals surface area contributed by atoms with Crippen molar-refractivity contribution in [2.45, 2.75) is 19.9 Å². The number of amides is 1. The molecule has 2 bridgehead atoms. The van der Waals surface area contributed by atoms with Gasteiger partial charge in [-0.3, -0.25) is 9.59 Å². The molecule has 0 spiro atoms. The molecule has 0 radical (unpaired) electrons. The maximum absolute atomic E-state index is 12.5. The van der Waals surface area contributed by atoms with Gasteiger partial charge in [0.05, 0.1) is 11.3 Å². The zero-order valence-electron chi connectivity index (χ0n) is 12.0. The molecule has 1 amide bonds. The summed E-state index contributed by atoms with van der Waals surface area (Å²) in [5, 5.41) is 12.5. The summed E-state index contributed by atoms with van der Waals surface area (Å²) in [6.45, 7) is 2.14. The minimum absolute atomic E-state index is 0.0347. The van der Waals surface area contributed by atoms with E-state index in [0.717, 1.165) is 12.0 Å². The Morgan fingerprint density at radius 2 is 2.00 bits per heavy atom. The van der Waals surface area contributed by atoms with Gasteiger partial charge in [-0.2, -0.15) is 0 Å². The fourth-order valence-electron chi connectivity index (χ4n) is 3.75. The van der Waals surface area contributed by atoms with Gasteiger partial charge >= 0.3 is 5.97 Å². The fourth-order valence-corrected chi connectivity index (χ4v) is 3.75. The molecule has 1 aromatic rings. The van der Waals surface area contributed by atoms with Crippen molar-refractivity contribution in [3.8, 4) is 0 Å². The number of carbonyl (C=O) groups is 2. The van der Waals surface area contributed by atoms with E-state index in [2.05, 4.69) is 5.32 Å². The second-order valence-corrected chi connectivity index (χ2v) is 6.16. The third-order valence-electron chi connectivity index (χ3n) is 5.01. The van der Waals surface area contributed by atoms with Gasteiger partial charge in [0.15, 0.2) is 0 Å². The molecule has 2 aliphatic carbocycles. The van der Waals surface area contributed by atoms with Crippen LogP contribution in [0.4, 0.5) is 0 Å². The summed E-state index contributed by atoms with van der Waals surface area (Å²) < 4.78 is 0. The molecule has 4 heteroatoms. The molecule has 2 N–H and O–H groups in total. The van der Waals surface area contributed by atoms with Crippen LogP contribution in [-0.4, -0.2) is 17.0 Å². The summed E-state index contributed by atoms with van der Waals surface area (Å²) >= 11 is 0. The van der Waals surface area contributed by atoms with E-state index in [1.807, 2.05) is 42.5 Å². The number of nitrogens with one attached hydrogen (secondary N) is 1. The monoisotopic (exact) mass is 285 g/mol. The van der Waals surface area contributed by atoms with E-state index in [9.17, 15) is 14.7 Å². The van der Waals surface area contributed by atoms with E-state index in [1.54, 1.807) is 6.92 Å². The third-order valence-corrected chi connectivity index (χ3v) is 5.01. The van der Waals surface area contributed by atoms with E-state index >= 15 is 0 Å². The topological polar surface area (TPSA) is 66.4 Å². The van der Waals surface area contributed by atoms with E-state index in [1.165, 1.54) is 0 Å². The highest BCUT2D eigenvalue weighted by Crippen LogP contribution is 2.56. The zero-order valence-corrected chi connectivity index (χ0v) is 12.0. The lowest BCUT2D eigenvalue weighted by atomic mass is 9.69. The van der Waals surface area contributed by atoms with Crippen molar-refractivity contribution in [3.63, 3.8) is 0 Å². The molecule has 0 heterocycles. The maximum Gasteiger partial charge on any atom is 0.310 e. The number of carbonyl (C=O) groups excluding carboxylic acids is 1. The molecule has 0 unspecified atom stereocenters.